The Morgan fingerprint density at radius 3 is 2.92 bits per heavy atom. The van der Waals surface area contributed by atoms with Gasteiger partial charge in [-0.25, -0.2) is 0 Å². The molecule has 3 nitrogen and oxygen atoms in total. The molecule has 0 saturated carbocycles. The van der Waals surface area contributed by atoms with E-state index in [1.54, 1.807) is 16.4 Å². The number of nitrogens with zero attached hydrogens (tertiary/aromatic N) is 1. The highest BCUT2D eigenvalue weighted by molar-refractivity contribution is 7.98. The average molecular weight is 198 g/mol. The highest BCUT2D eigenvalue weighted by Gasteiger charge is 2.19. The first kappa shape index (κ1) is 8.94. The van der Waals surface area contributed by atoms with E-state index in [4.69, 9.17) is 0 Å². The van der Waals surface area contributed by atoms with Gasteiger partial charge in [-0.3, -0.25) is 14.6 Å². The van der Waals surface area contributed by atoms with Crippen molar-refractivity contribution < 1.29 is 0 Å². The van der Waals surface area contributed by atoms with E-state index in [0.717, 1.165) is 29.3 Å². The molecule has 1 aliphatic rings. The molecule has 1 aromatic rings. The fourth-order valence-corrected chi connectivity index (χ4v) is 2.64. The Bertz CT molecular complexity index is 364. The van der Waals surface area contributed by atoms with Crippen LogP contribution in [0.5, 0.6) is 0 Å². The minimum absolute atomic E-state index is 0.189. The Balaban J connectivity index is 2.34. The van der Waals surface area contributed by atoms with Crippen LogP contribution in [0.2, 0.25) is 0 Å². The second-order valence-electron chi connectivity index (χ2n) is 3.87. The van der Waals surface area contributed by atoms with Gasteiger partial charge in [-0.15, -0.1) is 0 Å². The van der Waals surface area contributed by atoms with Crippen molar-refractivity contribution in [3.05, 3.63) is 21.6 Å². The summed E-state index contributed by atoms with van der Waals surface area (Å²) in [7, 11) is 0. The van der Waals surface area contributed by atoms with Crippen LogP contribution < -0.4 is 5.56 Å². The van der Waals surface area contributed by atoms with E-state index in [1.807, 2.05) is 0 Å². The molecule has 0 saturated heterocycles. The second-order valence-corrected chi connectivity index (χ2v) is 4.86. The molecule has 0 amide bonds. The van der Waals surface area contributed by atoms with Crippen LogP contribution in [-0.2, 0) is 18.1 Å². The van der Waals surface area contributed by atoms with E-state index in [-0.39, 0.29) is 5.56 Å². The van der Waals surface area contributed by atoms with Crippen molar-refractivity contribution in [3.63, 3.8) is 0 Å². The lowest BCUT2D eigenvalue weighted by Gasteiger charge is -2.04. The number of rotatable bonds is 2. The van der Waals surface area contributed by atoms with Crippen molar-refractivity contribution in [3.8, 4) is 0 Å². The van der Waals surface area contributed by atoms with E-state index in [0.29, 0.717) is 5.92 Å². The summed E-state index contributed by atoms with van der Waals surface area (Å²) >= 11 is 1.81. The summed E-state index contributed by atoms with van der Waals surface area (Å²) in [4.78, 5) is 11.7. The Hall–Kier alpha value is -0.640. The molecule has 0 atom stereocenters. The molecule has 1 aliphatic heterocycles. The Morgan fingerprint density at radius 1 is 1.54 bits per heavy atom. The Labute approximate surface area is 81.5 Å². The van der Waals surface area contributed by atoms with Crippen LogP contribution in [0.25, 0.3) is 0 Å². The van der Waals surface area contributed by atoms with E-state index in [9.17, 15) is 4.79 Å². The normalized spacial score (nSPS) is 15.3. The van der Waals surface area contributed by atoms with Gasteiger partial charge in [0.2, 0.25) is 0 Å². The number of aromatic nitrogens is 2. The number of aromatic amines is 1. The summed E-state index contributed by atoms with van der Waals surface area (Å²) in [6.45, 7) is 5.04. The van der Waals surface area contributed by atoms with E-state index in [1.165, 1.54) is 0 Å². The first-order chi connectivity index (χ1) is 6.18. The molecule has 0 radical (unpaired) electrons. The molecule has 1 aromatic heterocycles. The second kappa shape index (κ2) is 3.25. The molecular weight excluding hydrogens is 184 g/mol. The predicted molar refractivity (Wildman–Crippen MR) is 54.9 cm³/mol. The van der Waals surface area contributed by atoms with Gasteiger partial charge in [0.15, 0.2) is 0 Å². The summed E-state index contributed by atoms with van der Waals surface area (Å²) in [6, 6.07) is 0. The summed E-state index contributed by atoms with van der Waals surface area (Å²) in [5.74, 6) is 2.37. The van der Waals surface area contributed by atoms with Gasteiger partial charge in [-0.2, -0.15) is 11.8 Å². The van der Waals surface area contributed by atoms with Crippen LogP contribution in [0, 0.1) is 5.92 Å². The molecule has 0 unspecified atom stereocenters. The quantitative estimate of drug-likeness (QED) is 0.783. The number of hydrogen-bond donors (Lipinski definition) is 1. The van der Waals surface area contributed by atoms with Gasteiger partial charge < -0.3 is 0 Å². The zero-order valence-corrected chi connectivity index (χ0v) is 8.78. The van der Waals surface area contributed by atoms with Gasteiger partial charge in [0.05, 0.1) is 11.3 Å². The van der Waals surface area contributed by atoms with E-state index in [2.05, 4.69) is 18.9 Å². The minimum atomic E-state index is 0.189. The molecule has 0 fully saturated rings. The lowest BCUT2D eigenvalue weighted by atomic mass is 10.2. The fraction of sp³-hybridized carbons (Fsp3) is 0.667. The van der Waals surface area contributed by atoms with Gasteiger partial charge in [0.1, 0.15) is 0 Å². The molecule has 2 rings (SSSR count). The van der Waals surface area contributed by atoms with Crippen molar-refractivity contribution in [1.82, 2.24) is 9.78 Å². The molecule has 4 heteroatoms. The third kappa shape index (κ3) is 1.55. The molecule has 2 heterocycles. The Kier molecular flexibility index (Phi) is 2.24. The third-order valence-electron chi connectivity index (χ3n) is 2.18. The maximum absolute atomic E-state index is 11.7. The van der Waals surface area contributed by atoms with Crippen LogP contribution in [-0.4, -0.2) is 9.78 Å². The van der Waals surface area contributed by atoms with Gasteiger partial charge in [-0.05, 0) is 5.92 Å². The van der Waals surface area contributed by atoms with Crippen molar-refractivity contribution in [2.24, 2.45) is 5.92 Å². The zero-order valence-electron chi connectivity index (χ0n) is 7.96. The summed E-state index contributed by atoms with van der Waals surface area (Å²) in [5.41, 5.74) is 2.31. The van der Waals surface area contributed by atoms with E-state index < -0.39 is 0 Å². The number of hydrogen-bond acceptors (Lipinski definition) is 2. The standard InChI is InChI=1S/C9H14N2OS/c1-6(2)3-11-9(12)7-4-13-5-8(7)10-11/h6,10H,3-5H2,1-2H3. The predicted octanol–water partition coefficient (Wildman–Crippen LogP) is 1.58. The van der Waals surface area contributed by atoms with Crippen molar-refractivity contribution in [2.45, 2.75) is 31.9 Å². The largest absolute Gasteiger partial charge is 0.299 e. The van der Waals surface area contributed by atoms with E-state index >= 15 is 0 Å². The highest BCUT2D eigenvalue weighted by Crippen LogP contribution is 2.25. The topological polar surface area (TPSA) is 37.8 Å². The summed E-state index contributed by atoms with van der Waals surface area (Å²) in [6.07, 6.45) is 0. The van der Waals surface area contributed by atoms with Crippen LogP contribution in [0.3, 0.4) is 0 Å². The molecular formula is C9H14N2OS. The smallest absolute Gasteiger partial charge is 0.270 e. The monoisotopic (exact) mass is 198 g/mol. The van der Waals surface area contributed by atoms with Gasteiger partial charge in [-0.1, -0.05) is 13.8 Å². The first-order valence-corrected chi connectivity index (χ1v) is 5.72. The van der Waals surface area contributed by atoms with Gasteiger partial charge >= 0.3 is 0 Å². The highest BCUT2D eigenvalue weighted by atomic mass is 32.2. The molecule has 0 aliphatic carbocycles. The van der Waals surface area contributed by atoms with Crippen molar-refractivity contribution in [2.75, 3.05) is 0 Å². The SMILES string of the molecule is CC(C)Cn1[nH]c2c(c1=O)CSC2. The lowest BCUT2D eigenvalue weighted by Crippen LogP contribution is -2.21. The fourth-order valence-electron chi connectivity index (χ4n) is 1.59. The average Bonchev–Trinajstić information content (AvgIpc) is 2.56. The van der Waals surface area contributed by atoms with Gasteiger partial charge in [0.25, 0.3) is 5.56 Å². The van der Waals surface area contributed by atoms with Crippen LogP contribution in [0.15, 0.2) is 4.79 Å². The molecule has 0 spiro atoms. The van der Waals surface area contributed by atoms with Crippen molar-refractivity contribution >= 4 is 11.8 Å². The van der Waals surface area contributed by atoms with Crippen LogP contribution in [0.4, 0.5) is 0 Å². The molecule has 1 N–H and O–H groups in total. The van der Waals surface area contributed by atoms with Crippen LogP contribution >= 0.6 is 11.8 Å². The number of H-pyrrole nitrogens is 1. The van der Waals surface area contributed by atoms with Crippen molar-refractivity contribution in [1.29, 1.82) is 0 Å². The number of fused-ring (bicyclic) bond motifs is 1. The van der Waals surface area contributed by atoms with Crippen LogP contribution in [0.1, 0.15) is 25.1 Å². The van der Waals surface area contributed by atoms with Gasteiger partial charge in [0, 0.05) is 18.1 Å². The zero-order chi connectivity index (χ0) is 9.42. The minimum Gasteiger partial charge on any atom is -0.299 e. The Morgan fingerprint density at radius 2 is 2.31 bits per heavy atom. The molecule has 72 valence electrons. The summed E-state index contributed by atoms with van der Waals surface area (Å²) in [5, 5.41) is 3.18. The maximum atomic E-state index is 11.7. The molecule has 13 heavy (non-hydrogen) atoms. The molecule has 0 aromatic carbocycles. The lowest BCUT2D eigenvalue weighted by molar-refractivity contribution is 0.470. The first-order valence-electron chi connectivity index (χ1n) is 4.56. The maximum Gasteiger partial charge on any atom is 0.270 e. The number of thioether (sulfide) groups is 1. The third-order valence-corrected chi connectivity index (χ3v) is 3.16. The summed E-state index contributed by atoms with van der Waals surface area (Å²) < 4.78 is 1.75. The number of nitrogens with one attached hydrogen (secondary N) is 1. The molecule has 0 bridgehead atoms.